The number of β-amino-alcohol motifs (C(OH)–C–C–N with tert-alkyl or cyclic N) is 1. The molecule has 1 aliphatic rings. The summed E-state index contributed by atoms with van der Waals surface area (Å²) in [5.74, 6) is 0.597. The third-order valence-corrected chi connectivity index (χ3v) is 3.80. The zero-order chi connectivity index (χ0) is 24.0. The molecule has 0 amide bonds. The van der Waals surface area contributed by atoms with Crippen LogP contribution in [0.15, 0.2) is 48.8 Å². The number of allylic oxidation sites excluding steroid dienone is 3. The molecule has 1 aliphatic heterocycles. The molecule has 9 heteroatoms. The number of aliphatic hydroxyl groups excluding tert-OH is 2. The molecule has 1 aromatic heterocycles. The van der Waals surface area contributed by atoms with Gasteiger partial charge in [0.1, 0.15) is 5.82 Å². The first-order valence-corrected chi connectivity index (χ1v) is 10.1. The highest BCUT2D eigenvalue weighted by Gasteiger charge is 2.32. The maximum atomic E-state index is 11.8. The Kier molecular flexibility index (Phi) is 13.7. The minimum absolute atomic E-state index is 0.236. The smallest absolute Gasteiger partial charge is 0.390 e. The normalized spacial score (nSPS) is 20.0. The fourth-order valence-electron chi connectivity index (χ4n) is 2.34. The number of nitrogens with zero attached hydrogens (tertiary/aromatic N) is 3. The van der Waals surface area contributed by atoms with Crippen molar-refractivity contribution in [1.29, 1.82) is 0 Å². The van der Waals surface area contributed by atoms with Crippen LogP contribution >= 0.6 is 0 Å². The maximum absolute atomic E-state index is 11.8. The molecule has 2 rings (SSSR count). The summed E-state index contributed by atoms with van der Waals surface area (Å²) < 4.78 is 35.4. The van der Waals surface area contributed by atoms with Gasteiger partial charge in [-0.25, -0.2) is 4.98 Å². The molecular formula is C22H35F3N4O2. The third kappa shape index (κ3) is 13.6. The van der Waals surface area contributed by atoms with Crippen molar-refractivity contribution < 1.29 is 23.4 Å². The Morgan fingerprint density at radius 3 is 2.32 bits per heavy atom. The van der Waals surface area contributed by atoms with E-state index in [4.69, 9.17) is 5.73 Å². The second-order valence-electron chi connectivity index (χ2n) is 7.68. The quantitative estimate of drug-likeness (QED) is 0.611. The second-order valence-corrected chi connectivity index (χ2v) is 7.68. The van der Waals surface area contributed by atoms with Crippen LogP contribution in [0, 0.1) is 5.92 Å². The highest BCUT2D eigenvalue weighted by atomic mass is 19.4. The molecule has 0 radical (unpaired) electrons. The SMILES string of the molecule is C=C/C=C\C(=C/C)CN1CCC(O)C(O)C1.CC(C)C.Nc1cncc(C(F)(F)F)n1. The third-order valence-electron chi connectivity index (χ3n) is 3.80. The predicted molar refractivity (Wildman–Crippen MR) is 118 cm³/mol. The fourth-order valence-corrected chi connectivity index (χ4v) is 2.34. The Morgan fingerprint density at radius 1 is 1.29 bits per heavy atom. The predicted octanol–water partition coefficient (Wildman–Crippen LogP) is 3.84. The summed E-state index contributed by atoms with van der Waals surface area (Å²) in [6.07, 6.45) is 4.39. The Bertz CT molecular complexity index is 703. The molecule has 31 heavy (non-hydrogen) atoms. The van der Waals surface area contributed by atoms with E-state index in [0.717, 1.165) is 25.2 Å². The van der Waals surface area contributed by atoms with Crippen LogP contribution in [0.3, 0.4) is 0 Å². The average Bonchev–Trinajstić information content (AvgIpc) is 2.67. The summed E-state index contributed by atoms with van der Waals surface area (Å²) in [4.78, 5) is 8.43. The van der Waals surface area contributed by atoms with E-state index in [0.29, 0.717) is 19.2 Å². The van der Waals surface area contributed by atoms with Gasteiger partial charge in [-0.2, -0.15) is 13.2 Å². The zero-order valence-corrected chi connectivity index (χ0v) is 18.7. The van der Waals surface area contributed by atoms with Crippen LogP contribution in [0.5, 0.6) is 0 Å². The number of nitrogens with two attached hydrogens (primary N) is 1. The first kappa shape index (κ1) is 28.8. The summed E-state index contributed by atoms with van der Waals surface area (Å²) in [6.45, 7) is 14.3. The molecule has 4 N–H and O–H groups in total. The molecule has 0 aliphatic carbocycles. The van der Waals surface area contributed by atoms with E-state index in [1.807, 2.05) is 19.1 Å². The van der Waals surface area contributed by atoms with Gasteiger partial charge in [-0.05, 0) is 24.8 Å². The lowest BCUT2D eigenvalue weighted by Crippen LogP contribution is -2.47. The molecule has 0 aromatic carbocycles. The van der Waals surface area contributed by atoms with E-state index >= 15 is 0 Å². The Labute approximate surface area is 183 Å². The van der Waals surface area contributed by atoms with Crippen LogP contribution in [0.4, 0.5) is 19.0 Å². The van der Waals surface area contributed by atoms with Crippen LogP contribution in [-0.4, -0.2) is 56.9 Å². The Balaban J connectivity index is 0.000000518. The van der Waals surface area contributed by atoms with Crippen molar-refractivity contribution in [3.05, 3.63) is 54.5 Å². The van der Waals surface area contributed by atoms with Crippen molar-refractivity contribution in [1.82, 2.24) is 14.9 Å². The van der Waals surface area contributed by atoms with Gasteiger partial charge in [0.25, 0.3) is 0 Å². The summed E-state index contributed by atoms with van der Waals surface area (Å²) in [7, 11) is 0. The van der Waals surface area contributed by atoms with E-state index in [2.05, 4.69) is 48.3 Å². The number of likely N-dealkylation sites (tertiary alicyclic amines) is 1. The summed E-state index contributed by atoms with van der Waals surface area (Å²) in [5, 5.41) is 19.0. The highest BCUT2D eigenvalue weighted by molar-refractivity contribution is 5.24. The van der Waals surface area contributed by atoms with Crippen LogP contribution in [0.2, 0.25) is 0 Å². The van der Waals surface area contributed by atoms with Crippen molar-refractivity contribution >= 4 is 5.82 Å². The van der Waals surface area contributed by atoms with Crippen molar-refractivity contribution in [3.63, 3.8) is 0 Å². The van der Waals surface area contributed by atoms with Gasteiger partial charge in [-0.15, -0.1) is 0 Å². The topological polar surface area (TPSA) is 95.5 Å². The molecule has 176 valence electrons. The van der Waals surface area contributed by atoms with E-state index in [9.17, 15) is 23.4 Å². The summed E-state index contributed by atoms with van der Waals surface area (Å²) >= 11 is 0. The summed E-state index contributed by atoms with van der Waals surface area (Å²) in [5.41, 5.74) is 5.11. The van der Waals surface area contributed by atoms with Crippen LogP contribution < -0.4 is 5.73 Å². The lowest BCUT2D eigenvalue weighted by Gasteiger charge is -2.33. The molecule has 1 aromatic rings. The Morgan fingerprint density at radius 2 is 1.90 bits per heavy atom. The van der Waals surface area contributed by atoms with E-state index in [-0.39, 0.29) is 5.82 Å². The molecule has 0 spiro atoms. The van der Waals surface area contributed by atoms with Crippen LogP contribution in [0.1, 0.15) is 39.8 Å². The molecule has 0 bridgehead atoms. The number of aliphatic hydroxyl groups is 2. The van der Waals surface area contributed by atoms with Gasteiger partial charge in [-0.3, -0.25) is 9.88 Å². The van der Waals surface area contributed by atoms with Crippen LogP contribution in [0.25, 0.3) is 0 Å². The molecule has 0 saturated carbocycles. The molecular weight excluding hydrogens is 409 g/mol. The Hall–Kier alpha value is -2.23. The maximum Gasteiger partial charge on any atom is 0.434 e. The first-order chi connectivity index (χ1) is 14.4. The lowest BCUT2D eigenvalue weighted by atomic mass is 10.0. The monoisotopic (exact) mass is 444 g/mol. The molecule has 1 saturated heterocycles. The molecule has 2 atom stereocenters. The molecule has 2 unspecified atom stereocenters. The van der Waals surface area contributed by atoms with Gasteiger partial charge in [-0.1, -0.05) is 51.7 Å². The molecule has 1 fully saturated rings. The number of hydrogen-bond donors (Lipinski definition) is 3. The van der Waals surface area contributed by atoms with Gasteiger partial charge in [0, 0.05) is 19.6 Å². The van der Waals surface area contributed by atoms with Crippen molar-refractivity contribution in [2.45, 2.75) is 52.5 Å². The minimum Gasteiger partial charge on any atom is -0.390 e. The van der Waals surface area contributed by atoms with Gasteiger partial charge < -0.3 is 15.9 Å². The van der Waals surface area contributed by atoms with Gasteiger partial charge >= 0.3 is 6.18 Å². The number of hydrogen-bond acceptors (Lipinski definition) is 6. The standard InChI is InChI=1S/C13H21NO2.C5H4F3N3.C4H10/c1-3-5-6-11(4-2)9-14-8-7-12(15)13(16)10-14;6-5(7,8)3-1-10-2-4(9)11-3;1-4(2)3/h3-6,12-13,15-16H,1,7-10H2,2H3;1-2H,(H2,9,11);4H,1-3H3/b6-5-,11-4+;;. The second kappa shape index (κ2) is 14.7. The minimum atomic E-state index is -4.47. The molecule has 2 heterocycles. The first-order valence-electron chi connectivity index (χ1n) is 10.1. The lowest BCUT2D eigenvalue weighted by molar-refractivity contribution is -0.141. The number of aromatic nitrogens is 2. The zero-order valence-electron chi connectivity index (χ0n) is 18.7. The van der Waals surface area contributed by atoms with E-state index in [1.54, 1.807) is 6.08 Å². The largest absolute Gasteiger partial charge is 0.434 e. The number of rotatable bonds is 4. The van der Waals surface area contributed by atoms with Crippen molar-refractivity contribution in [2.75, 3.05) is 25.4 Å². The average molecular weight is 445 g/mol. The van der Waals surface area contributed by atoms with Crippen molar-refractivity contribution in [3.8, 4) is 0 Å². The van der Waals surface area contributed by atoms with E-state index < -0.39 is 24.1 Å². The van der Waals surface area contributed by atoms with Gasteiger partial charge in [0.05, 0.1) is 24.6 Å². The number of halogens is 3. The number of nitrogen functional groups attached to an aromatic ring is 1. The van der Waals surface area contributed by atoms with E-state index in [1.165, 1.54) is 5.57 Å². The summed E-state index contributed by atoms with van der Waals surface area (Å²) in [6, 6.07) is 0. The fraction of sp³-hybridized carbons (Fsp3) is 0.545. The van der Waals surface area contributed by atoms with Gasteiger partial charge in [0.15, 0.2) is 5.69 Å². The van der Waals surface area contributed by atoms with Crippen molar-refractivity contribution in [2.24, 2.45) is 5.92 Å². The molecule has 6 nitrogen and oxygen atoms in total. The number of piperidine rings is 1. The number of anilines is 1. The highest BCUT2D eigenvalue weighted by Crippen LogP contribution is 2.26. The van der Waals surface area contributed by atoms with Crippen LogP contribution in [-0.2, 0) is 6.18 Å². The number of alkyl halides is 3. The van der Waals surface area contributed by atoms with Gasteiger partial charge in [0.2, 0.25) is 0 Å².